The van der Waals surface area contributed by atoms with E-state index in [0.29, 0.717) is 4.57 Å². The summed E-state index contributed by atoms with van der Waals surface area (Å²) >= 11 is 0. The minimum Gasteiger partial charge on any atom is -0.394 e. The smallest absolute Gasteiger partial charge is 0.394 e. The highest BCUT2D eigenvalue weighted by molar-refractivity contribution is 7.47. The van der Waals surface area contributed by atoms with E-state index in [9.17, 15) is 33.7 Å². The topological polar surface area (TPSA) is 278 Å². The molecule has 0 amide bonds. The van der Waals surface area contributed by atoms with Gasteiger partial charge in [0, 0.05) is 0 Å². The zero-order valence-electron chi connectivity index (χ0n) is 19.9. The second-order valence-corrected chi connectivity index (χ2v) is 10.1. The Bertz CT molecular complexity index is 1570. The summed E-state index contributed by atoms with van der Waals surface area (Å²) in [6, 6.07) is 0. The number of nitrogens with zero attached hydrogens (tertiary/aromatic N) is 6. The second kappa shape index (κ2) is 10.5. The van der Waals surface area contributed by atoms with Crippen LogP contribution in [0.15, 0.2) is 22.2 Å². The molecule has 3 aromatic rings. The van der Waals surface area contributed by atoms with Crippen LogP contribution in [0.2, 0.25) is 0 Å². The molecule has 5 rings (SSSR count). The Kier molecular flexibility index (Phi) is 7.39. The number of aromatic amines is 1. The molecule has 0 aromatic carbocycles. The molecule has 2 aliphatic rings. The third kappa shape index (κ3) is 5.08. The number of aromatic nitrogens is 7. The Morgan fingerprint density at radius 2 is 1.75 bits per heavy atom. The number of alkyl halides is 2. The fourth-order valence-corrected chi connectivity index (χ4v) is 5.22. The van der Waals surface area contributed by atoms with E-state index in [1.165, 1.54) is 0 Å². The predicted molar refractivity (Wildman–Crippen MR) is 125 cm³/mol. The summed E-state index contributed by atoms with van der Waals surface area (Å²) in [5.74, 6) is -0.676. The number of ether oxygens (including phenoxy) is 2. The number of anilines is 2. The summed E-state index contributed by atoms with van der Waals surface area (Å²) in [5.41, 5.74) is 8.73. The number of halogens is 2. The fourth-order valence-electron chi connectivity index (χ4n) is 4.27. The summed E-state index contributed by atoms with van der Waals surface area (Å²) in [5, 5.41) is 19.8. The van der Waals surface area contributed by atoms with Crippen LogP contribution >= 0.6 is 7.82 Å². The summed E-state index contributed by atoms with van der Waals surface area (Å²) in [6.45, 7) is -1.80. The molecule has 0 radical (unpaired) electrons. The van der Waals surface area contributed by atoms with Gasteiger partial charge in [-0.1, -0.05) is 0 Å². The number of nitrogen functional groups attached to an aromatic ring is 2. The second-order valence-electron chi connectivity index (χ2n) is 8.71. The van der Waals surface area contributed by atoms with E-state index >= 15 is 4.39 Å². The van der Waals surface area contributed by atoms with Crippen LogP contribution in [0.3, 0.4) is 0 Å². The van der Waals surface area contributed by atoms with Crippen LogP contribution in [-0.2, 0) is 23.1 Å². The lowest BCUT2D eigenvalue weighted by molar-refractivity contribution is -0.0582. The molecule has 2 fully saturated rings. The predicted octanol–water partition coefficient (Wildman–Crippen LogP) is -2.74. The van der Waals surface area contributed by atoms with Crippen LogP contribution in [0.25, 0.3) is 11.2 Å². The molecule has 22 heteroatoms. The van der Waals surface area contributed by atoms with Crippen molar-refractivity contribution in [2.45, 2.75) is 49.2 Å². The number of aliphatic hydroxyl groups is 2. The van der Waals surface area contributed by atoms with E-state index in [0.717, 1.165) is 17.2 Å². The maximum atomic E-state index is 15.5. The Morgan fingerprint density at radius 3 is 2.45 bits per heavy atom. The zero-order chi connectivity index (χ0) is 28.9. The molecule has 0 aliphatic carbocycles. The summed E-state index contributed by atoms with van der Waals surface area (Å²) in [4.78, 5) is 51.0. The van der Waals surface area contributed by atoms with E-state index in [1.807, 2.05) is 0 Å². The molecule has 3 aromatic heterocycles. The van der Waals surface area contributed by atoms with E-state index in [1.54, 1.807) is 0 Å². The third-order valence-corrected chi connectivity index (χ3v) is 7.13. The number of H-pyrrole nitrogens is 1. The van der Waals surface area contributed by atoms with Crippen molar-refractivity contribution in [2.24, 2.45) is 0 Å². The van der Waals surface area contributed by atoms with Crippen molar-refractivity contribution in [1.82, 2.24) is 34.1 Å². The molecule has 0 spiro atoms. The maximum Gasteiger partial charge on any atom is 0.472 e. The van der Waals surface area contributed by atoms with Crippen LogP contribution in [0.1, 0.15) is 12.5 Å². The first-order valence-electron chi connectivity index (χ1n) is 11.4. The van der Waals surface area contributed by atoms with Crippen molar-refractivity contribution in [1.29, 1.82) is 0 Å². The Balaban J connectivity index is 1.28. The average molecular weight is 593 g/mol. The van der Waals surface area contributed by atoms with Gasteiger partial charge in [-0.3, -0.25) is 28.0 Å². The number of imidazole rings is 1. The van der Waals surface area contributed by atoms with Gasteiger partial charge in [0.15, 0.2) is 36.0 Å². The molecule has 8 N–H and O–H groups in total. The van der Waals surface area contributed by atoms with E-state index in [2.05, 4.69) is 24.9 Å². The first-order valence-corrected chi connectivity index (χ1v) is 12.9. The Morgan fingerprint density at radius 1 is 1.07 bits per heavy atom. The maximum absolute atomic E-state index is 15.5. The van der Waals surface area contributed by atoms with Gasteiger partial charge in [-0.2, -0.15) is 9.97 Å². The number of rotatable bonds is 8. The monoisotopic (exact) mass is 593 g/mol. The van der Waals surface area contributed by atoms with Gasteiger partial charge in [-0.25, -0.2) is 28.1 Å². The molecule has 218 valence electrons. The van der Waals surface area contributed by atoms with Gasteiger partial charge in [0.1, 0.15) is 30.7 Å². The zero-order valence-corrected chi connectivity index (χ0v) is 20.8. The third-order valence-electron chi connectivity index (χ3n) is 6.14. The molecule has 5 heterocycles. The highest BCUT2D eigenvalue weighted by Gasteiger charge is 2.51. The molecule has 0 saturated carbocycles. The lowest BCUT2D eigenvalue weighted by Crippen LogP contribution is -2.35. The van der Waals surface area contributed by atoms with Crippen molar-refractivity contribution >= 4 is 30.9 Å². The first kappa shape index (κ1) is 28.1. The highest BCUT2D eigenvalue weighted by Crippen LogP contribution is 2.50. The van der Waals surface area contributed by atoms with Crippen LogP contribution in [0.4, 0.5) is 20.7 Å². The SMILES string of the molecule is Nc1ncn([C@@H]2O[C@H](COP(=O)(O)O[C@@H]3[C@H](F)[C@H](n4cnc5c(=O)[nH]c(N)nc54)O[C@@H]3CO)[C@H](O)[C@@H]2F)c(=O)n1. The number of fused-ring (bicyclic) bond motifs is 1. The quantitative estimate of drug-likeness (QED) is 0.144. The lowest BCUT2D eigenvalue weighted by Gasteiger charge is -2.22. The van der Waals surface area contributed by atoms with E-state index < -0.39 is 81.5 Å². The summed E-state index contributed by atoms with van der Waals surface area (Å²) < 4.78 is 64.8. The van der Waals surface area contributed by atoms with Crippen molar-refractivity contribution in [2.75, 3.05) is 24.7 Å². The summed E-state index contributed by atoms with van der Waals surface area (Å²) in [6.07, 6.45) is -12.8. The number of phosphoric ester groups is 1. The number of phosphoric acid groups is 1. The molecule has 9 atom stereocenters. The molecule has 2 aliphatic heterocycles. The molecular weight excluding hydrogens is 571 g/mol. The van der Waals surface area contributed by atoms with Gasteiger partial charge in [0.05, 0.1) is 19.5 Å². The molecule has 0 bridgehead atoms. The van der Waals surface area contributed by atoms with Gasteiger partial charge in [0.2, 0.25) is 11.9 Å². The van der Waals surface area contributed by atoms with Gasteiger partial charge < -0.3 is 36.0 Å². The van der Waals surface area contributed by atoms with Crippen LogP contribution in [0.5, 0.6) is 0 Å². The number of hydrogen-bond acceptors (Lipinski definition) is 15. The minimum atomic E-state index is -5.17. The van der Waals surface area contributed by atoms with Gasteiger partial charge in [-0.05, 0) is 0 Å². The van der Waals surface area contributed by atoms with E-state index in [4.69, 9.17) is 30.0 Å². The van der Waals surface area contributed by atoms with Gasteiger partial charge in [-0.15, -0.1) is 0 Å². The first-order chi connectivity index (χ1) is 18.9. The molecule has 19 nitrogen and oxygen atoms in total. The largest absolute Gasteiger partial charge is 0.472 e. The molecule has 2 saturated heterocycles. The van der Waals surface area contributed by atoms with Crippen LogP contribution in [0, 0.1) is 0 Å². The molecule has 40 heavy (non-hydrogen) atoms. The van der Waals surface area contributed by atoms with Crippen molar-refractivity contribution < 1.29 is 47.0 Å². The number of nitrogens with one attached hydrogen (secondary N) is 1. The number of aliphatic hydroxyl groups excluding tert-OH is 2. The van der Waals surface area contributed by atoms with Crippen LogP contribution in [-0.4, -0.2) is 99.1 Å². The van der Waals surface area contributed by atoms with E-state index in [-0.39, 0.29) is 23.1 Å². The highest BCUT2D eigenvalue weighted by atomic mass is 31.2. The van der Waals surface area contributed by atoms with Crippen LogP contribution < -0.4 is 22.7 Å². The van der Waals surface area contributed by atoms with Crippen molar-refractivity contribution in [3.05, 3.63) is 33.5 Å². The summed E-state index contributed by atoms with van der Waals surface area (Å²) in [7, 11) is -5.17. The van der Waals surface area contributed by atoms with Gasteiger partial charge in [0.25, 0.3) is 5.56 Å². The van der Waals surface area contributed by atoms with Gasteiger partial charge >= 0.3 is 13.5 Å². The number of hydrogen-bond donors (Lipinski definition) is 6. The van der Waals surface area contributed by atoms with Crippen molar-refractivity contribution in [3.63, 3.8) is 0 Å². The Hall–Kier alpha value is -3.43. The minimum absolute atomic E-state index is 0.164. The normalized spacial score (nSPS) is 32.0. The lowest BCUT2D eigenvalue weighted by atomic mass is 10.1. The average Bonchev–Trinajstić information content (AvgIpc) is 3.53. The fraction of sp³-hybridized carbons (Fsp3) is 0.556. The number of nitrogens with two attached hydrogens (primary N) is 2. The molecular formula is C18H22F2N9O10P. The molecule has 1 unspecified atom stereocenters. The standard InChI is InChI=1S/C18H22F2N9O10P/c19-7-10(31)6(38-14(7)29-4-24-16(21)27-18(29)33)2-36-40(34,35)39-11-5(1-30)37-15(8(11)20)28-3-23-9-12(28)25-17(22)26-13(9)32/h3-8,10-11,14-15,30-31H,1-2H2,(H,34,35)(H2,21,27,33)(H3,22,25,26,32)/t5-,6-,7+,8+,10+,11+,14-,15-/m1/s1. The van der Waals surface area contributed by atoms with Crippen molar-refractivity contribution in [3.8, 4) is 0 Å². The Labute approximate surface area is 219 Å².